The minimum Gasteiger partial charge on any atom is -0.450 e. The molecule has 0 aliphatic carbocycles. The van der Waals surface area contributed by atoms with Crippen molar-refractivity contribution >= 4 is 22.6 Å². The molecular weight excluding hydrogens is 414 g/mol. The van der Waals surface area contributed by atoms with Gasteiger partial charge in [-0.15, -0.1) is 0 Å². The van der Waals surface area contributed by atoms with Crippen molar-refractivity contribution in [3.8, 4) is 0 Å². The number of carbonyl (C=O) groups is 1. The maximum Gasteiger partial charge on any atom is 0.290 e. The zero-order valence-corrected chi connectivity index (χ0v) is 17.2. The third-order valence-corrected chi connectivity index (χ3v) is 6.05. The van der Waals surface area contributed by atoms with Crippen LogP contribution in [0.2, 0.25) is 0 Å². The van der Waals surface area contributed by atoms with Gasteiger partial charge in [0.1, 0.15) is 5.58 Å². The minimum atomic E-state index is -0.666. The maximum atomic E-state index is 13.4. The summed E-state index contributed by atoms with van der Waals surface area (Å²) in [6.07, 6.45) is 0. The van der Waals surface area contributed by atoms with Crippen molar-refractivity contribution in [1.82, 2.24) is 9.80 Å². The Morgan fingerprint density at radius 3 is 2.44 bits per heavy atom. The number of carbonyl (C=O) groups excluding carboxylic acids is 1. The average molecular weight is 435 g/mol. The summed E-state index contributed by atoms with van der Waals surface area (Å²) < 4.78 is 11.3. The number of rotatable bonds is 5. The molecular formula is C23H21N3O6. The van der Waals surface area contributed by atoms with Crippen LogP contribution in [0.1, 0.15) is 27.7 Å². The summed E-state index contributed by atoms with van der Waals surface area (Å²) in [5.41, 5.74) is 0.968. The number of benzene rings is 2. The van der Waals surface area contributed by atoms with E-state index in [1.807, 2.05) is 0 Å². The lowest BCUT2D eigenvalue weighted by Gasteiger charge is -2.31. The predicted molar refractivity (Wildman–Crippen MR) is 116 cm³/mol. The Morgan fingerprint density at radius 2 is 1.72 bits per heavy atom. The van der Waals surface area contributed by atoms with Crippen LogP contribution in [0.15, 0.2) is 57.7 Å². The van der Waals surface area contributed by atoms with Crippen LogP contribution in [-0.4, -0.2) is 60.0 Å². The molecule has 1 saturated heterocycles. The quantitative estimate of drug-likeness (QED) is 0.448. The van der Waals surface area contributed by atoms with Crippen LogP contribution in [0.25, 0.3) is 11.0 Å². The molecule has 0 spiro atoms. The molecule has 3 aromatic rings. The van der Waals surface area contributed by atoms with Crippen molar-refractivity contribution in [3.63, 3.8) is 0 Å². The molecule has 2 aliphatic heterocycles. The fourth-order valence-electron chi connectivity index (χ4n) is 4.40. The molecule has 5 rings (SSSR count). The molecule has 1 amide bonds. The van der Waals surface area contributed by atoms with Gasteiger partial charge in [-0.25, -0.2) is 0 Å². The van der Waals surface area contributed by atoms with Crippen molar-refractivity contribution < 1.29 is 18.9 Å². The standard InChI is InChI=1S/C23H21N3O6/c27-21-17-3-1-2-4-18(17)32-22-19(21)20(15-5-7-16(8-6-15)26(29)30)25(23(22)28)10-9-24-11-13-31-14-12-24/h1-8,20H,9-14H2/t20-/m1/s1. The Labute approximate surface area is 182 Å². The second kappa shape index (κ2) is 8.18. The van der Waals surface area contributed by atoms with Gasteiger partial charge in [-0.1, -0.05) is 12.1 Å². The van der Waals surface area contributed by atoms with Crippen molar-refractivity contribution in [2.24, 2.45) is 0 Å². The third kappa shape index (κ3) is 3.45. The van der Waals surface area contributed by atoms with Crippen molar-refractivity contribution in [2.45, 2.75) is 6.04 Å². The number of ether oxygens (including phenoxy) is 1. The van der Waals surface area contributed by atoms with Crippen molar-refractivity contribution in [2.75, 3.05) is 39.4 Å². The Morgan fingerprint density at radius 1 is 1.00 bits per heavy atom. The number of morpholine rings is 1. The van der Waals surface area contributed by atoms with Crippen LogP contribution in [0.5, 0.6) is 0 Å². The van der Waals surface area contributed by atoms with Crippen molar-refractivity contribution in [3.05, 3.63) is 85.8 Å². The zero-order chi connectivity index (χ0) is 22.2. The summed E-state index contributed by atoms with van der Waals surface area (Å²) in [5.74, 6) is -0.307. The van der Waals surface area contributed by atoms with E-state index in [1.54, 1.807) is 41.3 Å². The highest BCUT2D eigenvalue weighted by atomic mass is 16.6. The van der Waals surface area contributed by atoms with Gasteiger partial charge in [0.05, 0.1) is 35.1 Å². The number of fused-ring (bicyclic) bond motifs is 2. The van der Waals surface area contributed by atoms with Gasteiger partial charge in [0, 0.05) is 38.3 Å². The summed E-state index contributed by atoms with van der Waals surface area (Å²) in [5, 5.41) is 11.5. The molecule has 0 radical (unpaired) electrons. The van der Waals surface area contributed by atoms with Crippen LogP contribution < -0.4 is 5.43 Å². The number of hydrogen-bond acceptors (Lipinski definition) is 7. The largest absolute Gasteiger partial charge is 0.450 e. The molecule has 0 unspecified atom stereocenters. The lowest BCUT2D eigenvalue weighted by atomic mass is 9.98. The Kier molecular flexibility index (Phi) is 5.20. The molecule has 1 atom stereocenters. The SMILES string of the molecule is O=C1c2oc3ccccc3c(=O)c2[C@@H](c2ccc([N+](=O)[O-])cc2)N1CCN1CCOCC1. The highest BCUT2D eigenvalue weighted by molar-refractivity contribution is 5.99. The fourth-order valence-corrected chi connectivity index (χ4v) is 4.40. The van der Waals surface area contributed by atoms with E-state index >= 15 is 0 Å². The first-order valence-corrected chi connectivity index (χ1v) is 10.5. The maximum absolute atomic E-state index is 13.4. The highest BCUT2D eigenvalue weighted by Gasteiger charge is 2.42. The van der Waals surface area contributed by atoms with E-state index in [2.05, 4.69) is 4.90 Å². The Bertz CT molecular complexity index is 1250. The topological polar surface area (TPSA) is 106 Å². The average Bonchev–Trinajstić information content (AvgIpc) is 3.10. The van der Waals surface area contributed by atoms with Crippen LogP contribution in [0.4, 0.5) is 5.69 Å². The molecule has 2 aliphatic rings. The van der Waals surface area contributed by atoms with E-state index in [1.165, 1.54) is 12.1 Å². The first kappa shape index (κ1) is 20.3. The fraction of sp³-hybridized carbons (Fsp3) is 0.304. The summed E-state index contributed by atoms with van der Waals surface area (Å²) in [7, 11) is 0. The number of hydrogen-bond donors (Lipinski definition) is 0. The molecule has 0 N–H and O–H groups in total. The van der Waals surface area contributed by atoms with Crippen LogP contribution in [0, 0.1) is 10.1 Å². The smallest absolute Gasteiger partial charge is 0.290 e. The van der Waals surface area contributed by atoms with E-state index in [0.717, 1.165) is 13.1 Å². The normalized spacial score (nSPS) is 18.8. The number of amides is 1. The molecule has 0 bridgehead atoms. The third-order valence-electron chi connectivity index (χ3n) is 6.05. The minimum absolute atomic E-state index is 0.0408. The van der Waals surface area contributed by atoms with E-state index in [9.17, 15) is 19.7 Å². The van der Waals surface area contributed by atoms with Gasteiger partial charge in [0.2, 0.25) is 5.76 Å². The molecule has 3 heterocycles. The lowest BCUT2D eigenvalue weighted by molar-refractivity contribution is -0.384. The molecule has 9 heteroatoms. The highest BCUT2D eigenvalue weighted by Crippen LogP contribution is 2.38. The Hall–Kier alpha value is -3.56. The van der Waals surface area contributed by atoms with Crippen molar-refractivity contribution in [1.29, 1.82) is 0 Å². The van der Waals surface area contributed by atoms with Gasteiger partial charge in [-0.3, -0.25) is 24.6 Å². The number of para-hydroxylation sites is 1. The lowest BCUT2D eigenvalue weighted by Crippen LogP contribution is -2.42. The number of nitro groups is 1. The molecule has 164 valence electrons. The first-order valence-electron chi connectivity index (χ1n) is 10.5. The van der Waals surface area contributed by atoms with Crippen LogP contribution in [-0.2, 0) is 4.74 Å². The monoisotopic (exact) mass is 435 g/mol. The molecule has 32 heavy (non-hydrogen) atoms. The van der Waals surface area contributed by atoms with Crippen LogP contribution in [0.3, 0.4) is 0 Å². The second-order valence-electron chi connectivity index (χ2n) is 7.87. The second-order valence-corrected chi connectivity index (χ2v) is 7.87. The number of non-ortho nitro benzene ring substituents is 1. The zero-order valence-electron chi connectivity index (χ0n) is 17.2. The van der Waals surface area contributed by atoms with Gasteiger partial charge < -0.3 is 14.1 Å². The summed E-state index contributed by atoms with van der Waals surface area (Å²) in [4.78, 5) is 41.2. The molecule has 1 fully saturated rings. The van der Waals surface area contributed by atoms with E-state index in [4.69, 9.17) is 9.15 Å². The molecule has 1 aromatic heterocycles. The summed E-state index contributed by atoms with van der Waals surface area (Å²) >= 11 is 0. The van der Waals surface area contributed by atoms with Gasteiger partial charge in [-0.2, -0.15) is 0 Å². The molecule has 2 aromatic carbocycles. The first-order chi connectivity index (χ1) is 15.5. The summed E-state index contributed by atoms with van der Waals surface area (Å²) in [6.45, 7) is 3.86. The number of nitrogens with zero attached hydrogens (tertiary/aromatic N) is 3. The molecule has 0 saturated carbocycles. The summed E-state index contributed by atoms with van der Waals surface area (Å²) in [6, 6.07) is 12.2. The van der Waals surface area contributed by atoms with Gasteiger partial charge in [0.25, 0.3) is 11.6 Å². The van der Waals surface area contributed by atoms with Gasteiger partial charge in [0.15, 0.2) is 5.43 Å². The van der Waals surface area contributed by atoms with Crippen LogP contribution >= 0.6 is 0 Å². The molecule has 9 nitrogen and oxygen atoms in total. The van der Waals surface area contributed by atoms with Gasteiger partial charge in [-0.05, 0) is 29.8 Å². The van der Waals surface area contributed by atoms with Gasteiger partial charge >= 0.3 is 0 Å². The number of nitro benzene ring substituents is 1. The van der Waals surface area contributed by atoms with E-state index in [0.29, 0.717) is 42.8 Å². The van der Waals surface area contributed by atoms with E-state index in [-0.39, 0.29) is 28.3 Å². The Balaban J connectivity index is 1.58. The predicted octanol–water partition coefficient (Wildman–Crippen LogP) is 2.58. The van der Waals surface area contributed by atoms with E-state index < -0.39 is 11.0 Å².